The fourth-order valence-electron chi connectivity index (χ4n) is 2.43. The Bertz CT molecular complexity index is 291. The van der Waals surface area contributed by atoms with E-state index in [1.165, 1.54) is 5.56 Å². The molecule has 1 rings (SSSR count). The van der Waals surface area contributed by atoms with E-state index in [4.69, 9.17) is 0 Å². The normalized spacial score (nSPS) is 14.5. The molecule has 2 nitrogen and oxygen atoms in total. The molecule has 0 bridgehead atoms. The molecule has 0 aliphatic carbocycles. The number of aliphatic hydroxyl groups excluding tert-OH is 1. The number of aliphatic hydroxyl groups is 1. The van der Waals surface area contributed by atoms with Gasteiger partial charge in [0.05, 0.1) is 0 Å². The Morgan fingerprint density at radius 1 is 1.06 bits per heavy atom. The highest BCUT2D eigenvalue weighted by Crippen LogP contribution is 2.30. The molecule has 1 unspecified atom stereocenters. The van der Waals surface area contributed by atoms with Crippen molar-refractivity contribution in [1.82, 2.24) is 5.32 Å². The Morgan fingerprint density at radius 3 is 2.29 bits per heavy atom. The van der Waals surface area contributed by atoms with Gasteiger partial charge >= 0.3 is 0 Å². The molecule has 96 valence electrons. The van der Waals surface area contributed by atoms with Crippen LogP contribution < -0.4 is 5.32 Å². The first kappa shape index (κ1) is 14.2. The second-order valence-corrected chi connectivity index (χ2v) is 4.60. The summed E-state index contributed by atoms with van der Waals surface area (Å²) in [4.78, 5) is 0. The molecule has 1 atom stereocenters. The molecule has 0 fully saturated rings. The average Bonchev–Trinajstić information content (AvgIpc) is 2.37. The third-order valence-corrected chi connectivity index (χ3v) is 3.26. The average molecular weight is 235 g/mol. The minimum absolute atomic E-state index is 0.0548. The molecule has 0 saturated carbocycles. The van der Waals surface area contributed by atoms with Crippen LogP contribution in [0.5, 0.6) is 0 Å². The van der Waals surface area contributed by atoms with E-state index in [1.807, 2.05) is 6.07 Å². The van der Waals surface area contributed by atoms with E-state index in [0.717, 1.165) is 32.2 Å². The largest absolute Gasteiger partial charge is 0.396 e. The van der Waals surface area contributed by atoms with Crippen LogP contribution in [-0.2, 0) is 5.54 Å². The van der Waals surface area contributed by atoms with Crippen molar-refractivity contribution in [2.75, 3.05) is 13.2 Å². The molecule has 1 aromatic carbocycles. The Kier molecular flexibility index (Phi) is 6.23. The molecule has 2 N–H and O–H groups in total. The first-order valence-corrected chi connectivity index (χ1v) is 6.70. The highest BCUT2D eigenvalue weighted by molar-refractivity contribution is 5.24. The van der Waals surface area contributed by atoms with Crippen molar-refractivity contribution in [3.05, 3.63) is 35.9 Å². The van der Waals surface area contributed by atoms with E-state index in [1.54, 1.807) is 0 Å². The van der Waals surface area contributed by atoms with Crippen molar-refractivity contribution in [2.45, 2.75) is 45.1 Å². The highest BCUT2D eigenvalue weighted by Gasteiger charge is 2.29. The van der Waals surface area contributed by atoms with Gasteiger partial charge in [0.25, 0.3) is 0 Å². The van der Waals surface area contributed by atoms with E-state index in [2.05, 4.69) is 43.4 Å². The van der Waals surface area contributed by atoms with E-state index in [-0.39, 0.29) is 12.1 Å². The summed E-state index contributed by atoms with van der Waals surface area (Å²) in [6, 6.07) is 10.5. The lowest BCUT2D eigenvalue weighted by Crippen LogP contribution is -2.43. The number of benzene rings is 1. The van der Waals surface area contributed by atoms with Gasteiger partial charge in [-0.3, -0.25) is 0 Å². The molecule has 1 aromatic rings. The van der Waals surface area contributed by atoms with Crippen molar-refractivity contribution < 1.29 is 5.11 Å². The first-order valence-electron chi connectivity index (χ1n) is 6.70. The molecular formula is C15H25NO. The summed E-state index contributed by atoms with van der Waals surface area (Å²) in [5.41, 5.74) is 1.24. The predicted molar refractivity (Wildman–Crippen MR) is 73.0 cm³/mol. The van der Waals surface area contributed by atoms with Gasteiger partial charge in [-0.1, -0.05) is 50.6 Å². The minimum Gasteiger partial charge on any atom is -0.396 e. The lowest BCUT2D eigenvalue weighted by molar-refractivity contribution is 0.198. The molecule has 0 aliphatic heterocycles. The third-order valence-electron chi connectivity index (χ3n) is 3.26. The van der Waals surface area contributed by atoms with E-state index < -0.39 is 0 Å². The summed E-state index contributed by atoms with van der Waals surface area (Å²) in [6.45, 7) is 5.59. The van der Waals surface area contributed by atoms with Crippen molar-refractivity contribution in [2.24, 2.45) is 0 Å². The van der Waals surface area contributed by atoms with Crippen LogP contribution in [-0.4, -0.2) is 18.3 Å². The van der Waals surface area contributed by atoms with Crippen LogP contribution in [0.25, 0.3) is 0 Å². The third kappa shape index (κ3) is 3.83. The number of rotatable bonds is 8. The maximum atomic E-state index is 9.35. The predicted octanol–water partition coefficient (Wildman–Crippen LogP) is 3.06. The van der Waals surface area contributed by atoms with Crippen LogP contribution in [0.4, 0.5) is 0 Å². The molecule has 0 aliphatic rings. The Balaban J connectivity index is 2.95. The fraction of sp³-hybridized carbons (Fsp3) is 0.600. The zero-order chi connectivity index (χ0) is 12.6. The Hall–Kier alpha value is -0.860. The van der Waals surface area contributed by atoms with E-state index in [9.17, 15) is 5.11 Å². The first-order chi connectivity index (χ1) is 8.29. The molecule has 0 aromatic heterocycles. The maximum absolute atomic E-state index is 9.35. The van der Waals surface area contributed by atoms with Gasteiger partial charge in [0.1, 0.15) is 0 Å². The van der Waals surface area contributed by atoms with Crippen molar-refractivity contribution in [3.63, 3.8) is 0 Å². The summed E-state index contributed by atoms with van der Waals surface area (Å²) >= 11 is 0. The van der Waals surface area contributed by atoms with Gasteiger partial charge in [-0.05, 0) is 31.4 Å². The van der Waals surface area contributed by atoms with Crippen molar-refractivity contribution in [1.29, 1.82) is 0 Å². The molecule has 0 spiro atoms. The fourth-order valence-corrected chi connectivity index (χ4v) is 2.43. The number of hydrogen-bond donors (Lipinski definition) is 2. The number of nitrogens with one attached hydrogen (secondary N) is 1. The molecule has 0 amide bonds. The number of hydrogen-bond acceptors (Lipinski definition) is 2. The molecule has 0 heterocycles. The molecular weight excluding hydrogens is 210 g/mol. The second kappa shape index (κ2) is 7.46. The zero-order valence-corrected chi connectivity index (χ0v) is 11.1. The van der Waals surface area contributed by atoms with Gasteiger partial charge in [-0.25, -0.2) is 0 Å². The SMILES string of the molecule is CCCNC(CCC)(CCO)c1ccccc1. The van der Waals surface area contributed by atoms with Crippen LogP contribution in [0.15, 0.2) is 30.3 Å². The summed E-state index contributed by atoms with van der Waals surface area (Å²) in [7, 11) is 0. The zero-order valence-electron chi connectivity index (χ0n) is 11.1. The lowest BCUT2D eigenvalue weighted by atomic mass is 9.82. The second-order valence-electron chi connectivity index (χ2n) is 4.60. The summed E-state index contributed by atoms with van der Waals surface area (Å²) in [5, 5.41) is 13.0. The minimum atomic E-state index is -0.0548. The molecule has 2 heteroatoms. The highest BCUT2D eigenvalue weighted by atomic mass is 16.3. The summed E-state index contributed by atoms with van der Waals surface area (Å²) in [6.07, 6.45) is 4.08. The van der Waals surface area contributed by atoms with Gasteiger partial charge in [-0.2, -0.15) is 0 Å². The lowest BCUT2D eigenvalue weighted by Gasteiger charge is -2.35. The van der Waals surface area contributed by atoms with Crippen LogP contribution in [0.1, 0.15) is 45.1 Å². The van der Waals surface area contributed by atoms with Crippen LogP contribution in [0.3, 0.4) is 0 Å². The van der Waals surface area contributed by atoms with Gasteiger partial charge < -0.3 is 10.4 Å². The van der Waals surface area contributed by atoms with Crippen LogP contribution >= 0.6 is 0 Å². The van der Waals surface area contributed by atoms with Gasteiger partial charge in [0.15, 0.2) is 0 Å². The summed E-state index contributed by atoms with van der Waals surface area (Å²) in [5.74, 6) is 0. The monoisotopic (exact) mass is 235 g/mol. The van der Waals surface area contributed by atoms with Crippen molar-refractivity contribution in [3.8, 4) is 0 Å². The Labute approximate surface area is 105 Å². The van der Waals surface area contributed by atoms with E-state index >= 15 is 0 Å². The molecule has 17 heavy (non-hydrogen) atoms. The molecule has 0 radical (unpaired) electrons. The van der Waals surface area contributed by atoms with Gasteiger partial charge in [0.2, 0.25) is 0 Å². The smallest absolute Gasteiger partial charge is 0.0456 e. The van der Waals surface area contributed by atoms with E-state index in [0.29, 0.717) is 0 Å². The quantitative estimate of drug-likeness (QED) is 0.726. The van der Waals surface area contributed by atoms with Gasteiger partial charge in [0, 0.05) is 12.1 Å². The van der Waals surface area contributed by atoms with Crippen LogP contribution in [0, 0.1) is 0 Å². The summed E-state index contributed by atoms with van der Waals surface area (Å²) < 4.78 is 0. The molecule has 0 saturated heterocycles. The topological polar surface area (TPSA) is 32.3 Å². The maximum Gasteiger partial charge on any atom is 0.0456 e. The van der Waals surface area contributed by atoms with Crippen molar-refractivity contribution >= 4 is 0 Å². The standard InChI is InChI=1S/C15H25NO/c1-3-10-15(11-13-17,16-12-4-2)14-8-6-5-7-9-14/h5-9,16-17H,3-4,10-13H2,1-2H3. The Morgan fingerprint density at radius 2 is 1.76 bits per heavy atom. The van der Waals surface area contributed by atoms with Crippen LogP contribution in [0.2, 0.25) is 0 Å². The van der Waals surface area contributed by atoms with Gasteiger partial charge in [-0.15, -0.1) is 0 Å².